The van der Waals surface area contributed by atoms with Gasteiger partial charge in [0.2, 0.25) is 5.91 Å². The summed E-state index contributed by atoms with van der Waals surface area (Å²) in [4.78, 5) is 14.8. The number of carbonyl (C=O) groups excluding carboxylic acids is 1. The van der Waals surface area contributed by atoms with Crippen molar-refractivity contribution in [3.05, 3.63) is 29.8 Å². The zero-order valence-electron chi connectivity index (χ0n) is 15.3. The molecule has 7 heteroatoms. The predicted octanol–water partition coefficient (Wildman–Crippen LogP) is 1.34. The lowest BCUT2D eigenvalue weighted by Crippen LogP contribution is -2.45. The lowest BCUT2D eigenvalue weighted by molar-refractivity contribution is -0.123. The molecule has 1 heterocycles. The Morgan fingerprint density at radius 2 is 1.88 bits per heavy atom. The summed E-state index contributed by atoms with van der Waals surface area (Å²) in [6, 6.07) is 7.09. The molecule has 1 aliphatic rings. The molecule has 2 rings (SSSR count). The van der Waals surface area contributed by atoms with Crippen LogP contribution in [0.3, 0.4) is 0 Å². The highest BCUT2D eigenvalue weighted by Crippen LogP contribution is 2.19. The van der Waals surface area contributed by atoms with Crippen molar-refractivity contribution >= 4 is 15.7 Å². The molecule has 1 aromatic rings. The van der Waals surface area contributed by atoms with Gasteiger partial charge in [-0.1, -0.05) is 19.1 Å². The number of sulfone groups is 1. The minimum absolute atomic E-state index is 0.0000669. The molecule has 1 atom stereocenters. The summed E-state index contributed by atoms with van der Waals surface area (Å²) in [6.45, 7) is 4.39. The van der Waals surface area contributed by atoms with E-state index in [-0.39, 0.29) is 11.9 Å². The molecule has 0 bridgehead atoms. The fraction of sp³-hybridized carbons (Fsp3) is 0.611. The molecule has 2 N–H and O–H groups in total. The summed E-state index contributed by atoms with van der Waals surface area (Å²) in [7, 11) is -1.21. The molecule has 1 amide bonds. The van der Waals surface area contributed by atoms with E-state index in [9.17, 15) is 13.2 Å². The van der Waals surface area contributed by atoms with Crippen LogP contribution >= 0.6 is 0 Å². The van der Waals surface area contributed by atoms with Crippen molar-refractivity contribution in [2.75, 3.05) is 32.9 Å². The third kappa shape index (κ3) is 5.80. The predicted molar refractivity (Wildman–Crippen MR) is 99.2 cm³/mol. The Kier molecular flexibility index (Phi) is 6.98. The maximum Gasteiger partial charge on any atom is 0.234 e. The number of benzene rings is 1. The van der Waals surface area contributed by atoms with Crippen LogP contribution in [0.2, 0.25) is 0 Å². The lowest BCUT2D eigenvalue weighted by Gasteiger charge is -2.31. The molecule has 1 fully saturated rings. The first-order valence-electron chi connectivity index (χ1n) is 8.81. The first-order chi connectivity index (χ1) is 11.8. The van der Waals surface area contributed by atoms with Gasteiger partial charge in [0.15, 0.2) is 9.84 Å². The Balaban J connectivity index is 1.95. The fourth-order valence-corrected chi connectivity index (χ4v) is 3.84. The topological polar surface area (TPSA) is 78.5 Å². The number of likely N-dealkylation sites (N-methyl/N-ethyl adjacent to an activating group) is 1. The summed E-state index contributed by atoms with van der Waals surface area (Å²) in [6.07, 6.45) is 4.07. The largest absolute Gasteiger partial charge is 0.348 e. The Morgan fingerprint density at radius 1 is 1.28 bits per heavy atom. The van der Waals surface area contributed by atoms with E-state index >= 15 is 0 Å². The molecule has 0 aromatic heterocycles. The molecule has 0 radical (unpaired) electrons. The zero-order chi connectivity index (χ0) is 18.4. The van der Waals surface area contributed by atoms with Gasteiger partial charge in [-0.25, -0.2) is 8.42 Å². The first kappa shape index (κ1) is 19.9. The maximum atomic E-state index is 12.4. The van der Waals surface area contributed by atoms with Gasteiger partial charge in [-0.05, 0) is 57.1 Å². The van der Waals surface area contributed by atoms with E-state index in [0.29, 0.717) is 17.5 Å². The highest BCUT2D eigenvalue weighted by molar-refractivity contribution is 7.90. The van der Waals surface area contributed by atoms with E-state index in [4.69, 9.17) is 0 Å². The Bertz CT molecular complexity index is 667. The van der Waals surface area contributed by atoms with E-state index in [1.54, 1.807) is 24.3 Å². The third-order valence-electron chi connectivity index (χ3n) is 4.78. The van der Waals surface area contributed by atoms with Gasteiger partial charge in [-0.2, -0.15) is 0 Å². The average molecular weight is 368 g/mol. The number of piperidine rings is 1. The van der Waals surface area contributed by atoms with E-state index < -0.39 is 9.84 Å². The normalized spacial score (nSPS) is 17.4. The van der Waals surface area contributed by atoms with Gasteiger partial charge in [0.25, 0.3) is 0 Å². The van der Waals surface area contributed by atoms with Crippen molar-refractivity contribution in [1.29, 1.82) is 0 Å². The highest BCUT2D eigenvalue weighted by atomic mass is 32.2. The smallest absolute Gasteiger partial charge is 0.234 e. The van der Waals surface area contributed by atoms with Crippen molar-refractivity contribution in [1.82, 2.24) is 15.5 Å². The Hall–Kier alpha value is -1.44. The number of amides is 1. The van der Waals surface area contributed by atoms with Crippen LogP contribution in [0.5, 0.6) is 0 Å². The molecule has 0 spiro atoms. The Morgan fingerprint density at radius 3 is 2.40 bits per heavy atom. The molecular weight excluding hydrogens is 338 g/mol. The third-order valence-corrected chi connectivity index (χ3v) is 5.91. The van der Waals surface area contributed by atoms with Crippen LogP contribution in [-0.2, 0) is 14.6 Å². The molecule has 6 nitrogen and oxygen atoms in total. The number of carbonyl (C=O) groups is 1. The van der Waals surface area contributed by atoms with E-state index in [0.717, 1.165) is 37.9 Å². The molecule has 25 heavy (non-hydrogen) atoms. The van der Waals surface area contributed by atoms with Gasteiger partial charge in [0.05, 0.1) is 17.5 Å². The van der Waals surface area contributed by atoms with Crippen LogP contribution < -0.4 is 10.6 Å². The van der Waals surface area contributed by atoms with Gasteiger partial charge in [-0.15, -0.1) is 0 Å². The average Bonchev–Trinajstić information content (AvgIpc) is 2.59. The van der Waals surface area contributed by atoms with Gasteiger partial charge in [-0.3, -0.25) is 9.69 Å². The second-order valence-corrected chi connectivity index (χ2v) is 8.78. The van der Waals surface area contributed by atoms with Crippen molar-refractivity contribution < 1.29 is 13.2 Å². The molecule has 0 aliphatic carbocycles. The monoisotopic (exact) mass is 367 g/mol. The number of hydrogen-bond donors (Lipinski definition) is 2. The molecule has 1 saturated heterocycles. The van der Waals surface area contributed by atoms with Crippen LogP contribution in [-0.4, -0.2) is 58.2 Å². The van der Waals surface area contributed by atoms with Crippen molar-refractivity contribution in [3.63, 3.8) is 0 Å². The van der Waals surface area contributed by atoms with Crippen LogP contribution in [0.15, 0.2) is 29.2 Å². The van der Waals surface area contributed by atoms with Gasteiger partial charge < -0.3 is 10.6 Å². The second kappa shape index (κ2) is 8.78. The molecule has 1 unspecified atom stereocenters. The zero-order valence-corrected chi connectivity index (χ0v) is 16.1. The molecule has 0 saturated carbocycles. The quantitative estimate of drug-likeness (QED) is 0.760. The number of nitrogens with one attached hydrogen (secondary N) is 2. The summed E-state index contributed by atoms with van der Waals surface area (Å²) < 4.78 is 23.1. The number of hydrogen-bond acceptors (Lipinski definition) is 5. The maximum absolute atomic E-state index is 12.4. The molecular formula is C18H29N3O3S. The van der Waals surface area contributed by atoms with E-state index in [2.05, 4.69) is 15.5 Å². The minimum Gasteiger partial charge on any atom is -0.348 e. The van der Waals surface area contributed by atoms with Crippen LogP contribution in [0.4, 0.5) is 0 Å². The summed E-state index contributed by atoms with van der Waals surface area (Å²) >= 11 is 0. The van der Waals surface area contributed by atoms with Crippen LogP contribution in [0.1, 0.15) is 37.8 Å². The van der Waals surface area contributed by atoms with E-state index in [1.165, 1.54) is 6.26 Å². The highest BCUT2D eigenvalue weighted by Gasteiger charge is 2.21. The minimum atomic E-state index is -3.20. The number of rotatable bonds is 7. The molecule has 140 valence electrons. The van der Waals surface area contributed by atoms with Gasteiger partial charge in [0.1, 0.15) is 0 Å². The Labute approximate surface area is 150 Å². The SMILES string of the molecule is CCC(NC(=O)CN(C)C1CCNCC1)c1ccc(S(C)(=O)=O)cc1. The fourth-order valence-electron chi connectivity index (χ4n) is 3.21. The number of nitrogens with zero attached hydrogens (tertiary/aromatic N) is 1. The summed E-state index contributed by atoms with van der Waals surface area (Å²) in [5.41, 5.74) is 0.924. The second-order valence-electron chi connectivity index (χ2n) is 6.77. The summed E-state index contributed by atoms with van der Waals surface area (Å²) in [5.74, 6) is 0.0000669. The van der Waals surface area contributed by atoms with E-state index in [1.807, 2.05) is 14.0 Å². The standard InChI is InChI=1S/C18H29N3O3S/c1-4-17(14-5-7-16(8-6-14)25(3,23)24)20-18(22)13-21(2)15-9-11-19-12-10-15/h5-8,15,17,19H,4,9-13H2,1-3H3,(H,20,22). The van der Waals surface area contributed by atoms with Crippen molar-refractivity contribution in [2.24, 2.45) is 0 Å². The van der Waals surface area contributed by atoms with Gasteiger partial charge in [0, 0.05) is 12.3 Å². The first-order valence-corrected chi connectivity index (χ1v) is 10.7. The van der Waals surface area contributed by atoms with Crippen LogP contribution in [0.25, 0.3) is 0 Å². The van der Waals surface area contributed by atoms with Gasteiger partial charge >= 0.3 is 0 Å². The van der Waals surface area contributed by atoms with Crippen molar-refractivity contribution in [3.8, 4) is 0 Å². The lowest BCUT2D eigenvalue weighted by atomic mass is 10.0. The van der Waals surface area contributed by atoms with Crippen LogP contribution in [0, 0.1) is 0 Å². The summed E-state index contributed by atoms with van der Waals surface area (Å²) in [5, 5.41) is 6.40. The molecule has 1 aromatic carbocycles. The molecule has 1 aliphatic heterocycles. The van der Waals surface area contributed by atoms with Crippen molar-refractivity contribution in [2.45, 2.75) is 43.2 Å².